The van der Waals surface area contributed by atoms with Crippen LogP contribution in [0.4, 0.5) is 0 Å². The molecular formula is C27H45NO6S. The Kier molecular flexibility index (Phi) is 11.5. The maximum absolute atomic E-state index is 12.3. The van der Waals surface area contributed by atoms with Crippen molar-refractivity contribution >= 4 is 17.2 Å². The number of aliphatic hydroxyl groups is 1. The molecule has 4 atom stereocenters. The van der Waals surface area contributed by atoms with Crippen LogP contribution in [-0.4, -0.2) is 60.7 Å². The van der Waals surface area contributed by atoms with Crippen molar-refractivity contribution in [3.8, 4) is 0 Å². The summed E-state index contributed by atoms with van der Waals surface area (Å²) < 4.78 is 24.2. The summed E-state index contributed by atoms with van der Waals surface area (Å²) in [6.07, 6.45) is 10.9. The molecule has 0 bridgehead atoms. The Morgan fingerprint density at radius 1 is 1.09 bits per heavy atom. The van der Waals surface area contributed by atoms with Crippen LogP contribution in [0.25, 0.3) is 0 Å². The Morgan fingerprint density at radius 3 is 2.43 bits per heavy atom. The minimum atomic E-state index is -1.16. The summed E-state index contributed by atoms with van der Waals surface area (Å²) in [5.74, 6) is -2.14. The normalized spacial score (nSPS) is 27.3. The van der Waals surface area contributed by atoms with Crippen LogP contribution in [0, 0.1) is 0 Å². The highest BCUT2D eigenvalue weighted by Crippen LogP contribution is 2.45. The lowest BCUT2D eigenvalue weighted by molar-refractivity contribution is -0.277. The van der Waals surface area contributed by atoms with Gasteiger partial charge >= 0.3 is 0 Å². The molecule has 0 aromatic carbocycles. The Labute approximate surface area is 214 Å². The number of carbonyl (C=O) groups is 1. The summed E-state index contributed by atoms with van der Waals surface area (Å²) in [6, 6.07) is 3.86. The van der Waals surface area contributed by atoms with E-state index in [2.05, 4.69) is 12.2 Å². The molecule has 200 valence electrons. The smallest absolute Gasteiger partial charge is 0.225 e. The van der Waals surface area contributed by atoms with Crippen molar-refractivity contribution in [1.82, 2.24) is 5.32 Å². The second kappa shape index (κ2) is 14.1. The molecule has 3 heterocycles. The lowest BCUT2D eigenvalue weighted by Gasteiger charge is -2.28. The molecule has 1 amide bonds. The molecule has 1 aromatic rings. The minimum absolute atomic E-state index is 0.103. The Hall–Kier alpha value is -1.03. The van der Waals surface area contributed by atoms with Gasteiger partial charge in [-0.05, 0) is 31.7 Å². The monoisotopic (exact) mass is 511 g/mol. The van der Waals surface area contributed by atoms with E-state index in [0.29, 0.717) is 13.0 Å². The van der Waals surface area contributed by atoms with E-state index < -0.39 is 29.9 Å². The number of hydrogen-bond donors (Lipinski definition) is 2. The molecule has 2 fully saturated rings. The van der Waals surface area contributed by atoms with Crippen LogP contribution in [-0.2, 0) is 30.2 Å². The molecule has 0 aliphatic carbocycles. The van der Waals surface area contributed by atoms with E-state index in [9.17, 15) is 9.90 Å². The fourth-order valence-electron chi connectivity index (χ4n) is 4.90. The highest BCUT2D eigenvalue weighted by atomic mass is 32.1. The van der Waals surface area contributed by atoms with Gasteiger partial charge in [-0.1, -0.05) is 70.8 Å². The predicted molar refractivity (Wildman–Crippen MR) is 137 cm³/mol. The summed E-state index contributed by atoms with van der Waals surface area (Å²) in [5, 5.41) is 15.7. The molecule has 2 aliphatic rings. The van der Waals surface area contributed by atoms with E-state index in [1.54, 1.807) is 11.3 Å². The molecule has 7 nitrogen and oxygen atoms in total. The SMILES string of the molecule is CCCCCCCCCCCCOC[C@@]12O[C@@H](CNC(=O)Cc3cccs3)[C@@H](O)[C@@H]1OC(C)(C)O2. The van der Waals surface area contributed by atoms with Crippen LogP contribution in [0.2, 0.25) is 0 Å². The van der Waals surface area contributed by atoms with Gasteiger partial charge in [-0.3, -0.25) is 4.79 Å². The zero-order valence-corrected chi connectivity index (χ0v) is 22.6. The molecule has 0 saturated carbocycles. The number of amides is 1. The Balaban J connectivity index is 1.36. The van der Waals surface area contributed by atoms with E-state index in [4.69, 9.17) is 18.9 Å². The van der Waals surface area contributed by atoms with Crippen LogP contribution >= 0.6 is 11.3 Å². The summed E-state index contributed by atoms with van der Waals surface area (Å²) in [4.78, 5) is 13.3. The average Bonchev–Trinajstić information content (AvgIpc) is 3.47. The zero-order chi connectivity index (χ0) is 25.2. The third-order valence-electron chi connectivity index (χ3n) is 6.67. The lowest BCUT2D eigenvalue weighted by atomic mass is 10.1. The molecule has 2 aliphatic heterocycles. The molecule has 2 saturated heterocycles. The fourth-order valence-corrected chi connectivity index (χ4v) is 5.60. The second-order valence-corrected chi connectivity index (χ2v) is 11.3. The zero-order valence-electron chi connectivity index (χ0n) is 21.8. The maximum Gasteiger partial charge on any atom is 0.225 e. The molecule has 2 N–H and O–H groups in total. The van der Waals surface area contributed by atoms with Crippen LogP contribution in [0.1, 0.15) is 89.9 Å². The quantitative estimate of drug-likeness (QED) is 0.288. The molecular weight excluding hydrogens is 466 g/mol. The largest absolute Gasteiger partial charge is 0.387 e. The first-order chi connectivity index (χ1) is 16.9. The number of unbranched alkanes of at least 4 members (excludes halogenated alkanes) is 9. The number of carbonyl (C=O) groups excluding carboxylic acids is 1. The van der Waals surface area contributed by atoms with E-state index in [-0.39, 0.29) is 19.1 Å². The highest BCUT2D eigenvalue weighted by Gasteiger charge is 2.64. The van der Waals surface area contributed by atoms with Crippen molar-refractivity contribution in [2.24, 2.45) is 0 Å². The van der Waals surface area contributed by atoms with Gasteiger partial charge in [-0.2, -0.15) is 0 Å². The minimum Gasteiger partial charge on any atom is -0.387 e. The fraction of sp³-hybridized carbons (Fsp3) is 0.815. The maximum atomic E-state index is 12.3. The Bertz CT molecular complexity index is 742. The average molecular weight is 512 g/mol. The number of thiophene rings is 1. The van der Waals surface area contributed by atoms with E-state index in [1.165, 1.54) is 51.4 Å². The number of ether oxygens (including phenoxy) is 4. The second-order valence-electron chi connectivity index (χ2n) is 10.3. The van der Waals surface area contributed by atoms with Crippen LogP contribution in [0.3, 0.4) is 0 Å². The van der Waals surface area contributed by atoms with Crippen molar-refractivity contribution in [3.63, 3.8) is 0 Å². The Morgan fingerprint density at radius 2 is 1.77 bits per heavy atom. The molecule has 35 heavy (non-hydrogen) atoms. The van der Waals surface area contributed by atoms with Gasteiger partial charge in [-0.15, -0.1) is 11.3 Å². The summed E-state index contributed by atoms with van der Waals surface area (Å²) in [7, 11) is 0. The molecule has 8 heteroatoms. The van der Waals surface area contributed by atoms with Gasteiger partial charge in [0.2, 0.25) is 11.7 Å². The van der Waals surface area contributed by atoms with Crippen molar-refractivity contribution in [2.45, 2.75) is 121 Å². The van der Waals surface area contributed by atoms with Gasteiger partial charge in [0, 0.05) is 18.0 Å². The highest BCUT2D eigenvalue weighted by molar-refractivity contribution is 7.10. The topological polar surface area (TPSA) is 86.3 Å². The number of nitrogens with one attached hydrogen (secondary N) is 1. The van der Waals surface area contributed by atoms with E-state index in [1.807, 2.05) is 31.4 Å². The van der Waals surface area contributed by atoms with Gasteiger partial charge in [0.1, 0.15) is 24.9 Å². The van der Waals surface area contributed by atoms with E-state index >= 15 is 0 Å². The number of fused-ring (bicyclic) bond motifs is 1. The number of rotatable bonds is 17. The van der Waals surface area contributed by atoms with Crippen molar-refractivity contribution in [2.75, 3.05) is 19.8 Å². The van der Waals surface area contributed by atoms with Gasteiger partial charge < -0.3 is 29.4 Å². The molecule has 3 rings (SSSR count). The standard InChI is InChI=1S/C27H45NO6S/c1-4-5-6-7-8-9-10-11-12-13-16-31-20-27-25(33-26(2,3)34-27)24(30)22(32-27)19-28-23(29)18-21-15-14-17-35-21/h14-15,17,22,24-25,30H,4-13,16,18-20H2,1-3H3,(H,28,29)/t22-,24+,25-,27-/m0/s1. The van der Waals surface area contributed by atoms with Gasteiger partial charge in [0.15, 0.2) is 5.79 Å². The van der Waals surface area contributed by atoms with Crippen molar-refractivity contribution in [1.29, 1.82) is 0 Å². The molecule has 0 radical (unpaired) electrons. The number of aliphatic hydroxyl groups excluding tert-OH is 1. The first-order valence-electron chi connectivity index (χ1n) is 13.5. The molecule has 0 spiro atoms. The first kappa shape index (κ1) is 28.5. The first-order valence-corrected chi connectivity index (χ1v) is 14.3. The van der Waals surface area contributed by atoms with Crippen LogP contribution in [0.5, 0.6) is 0 Å². The lowest BCUT2D eigenvalue weighted by Crippen LogP contribution is -2.45. The van der Waals surface area contributed by atoms with Crippen LogP contribution < -0.4 is 5.32 Å². The third-order valence-corrected chi connectivity index (χ3v) is 7.54. The van der Waals surface area contributed by atoms with Gasteiger partial charge in [0.25, 0.3) is 0 Å². The van der Waals surface area contributed by atoms with Crippen LogP contribution in [0.15, 0.2) is 17.5 Å². The predicted octanol–water partition coefficient (Wildman–Crippen LogP) is 4.95. The van der Waals surface area contributed by atoms with E-state index in [0.717, 1.165) is 17.7 Å². The summed E-state index contributed by atoms with van der Waals surface area (Å²) in [6.45, 7) is 6.87. The molecule has 1 aromatic heterocycles. The van der Waals surface area contributed by atoms with Gasteiger partial charge in [-0.25, -0.2) is 0 Å². The number of hydrogen-bond acceptors (Lipinski definition) is 7. The summed E-state index contributed by atoms with van der Waals surface area (Å²) in [5.41, 5.74) is 0. The van der Waals surface area contributed by atoms with Crippen molar-refractivity contribution in [3.05, 3.63) is 22.4 Å². The van der Waals surface area contributed by atoms with Crippen molar-refractivity contribution < 1.29 is 28.8 Å². The molecule has 0 unspecified atom stereocenters. The third kappa shape index (κ3) is 8.79. The van der Waals surface area contributed by atoms with Gasteiger partial charge in [0.05, 0.1) is 6.42 Å². The summed E-state index contributed by atoms with van der Waals surface area (Å²) >= 11 is 1.55.